The summed E-state index contributed by atoms with van der Waals surface area (Å²) in [5.41, 5.74) is 1.53. The molecule has 2 aromatic carbocycles. The van der Waals surface area contributed by atoms with Gasteiger partial charge in [-0.05, 0) is 24.3 Å². The van der Waals surface area contributed by atoms with Gasteiger partial charge in [-0.25, -0.2) is 4.79 Å². The van der Waals surface area contributed by atoms with Gasteiger partial charge in [0.05, 0.1) is 12.2 Å². The normalized spacial score (nSPS) is 32.4. The fraction of sp³-hybridized carbons (Fsp3) is 0.350. The number of carboxylic acids is 1. The van der Waals surface area contributed by atoms with Gasteiger partial charge in [-0.15, -0.1) is 0 Å². The van der Waals surface area contributed by atoms with E-state index >= 15 is 0 Å². The number of fused-ring (bicyclic) bond motifs is 1. The number of hydrogen-bond donors (Lipinski definition) is 4. The molecule has 0 aromatic heterocycles. The molecule has 28 heavy (non-hydrogen) atoms. The Morgan fingerprint density at radius 1 is 0.964 bits per heavy atom. The number of rotatable bonds is 4. The van der Waals surface area contributed by atoms with Crippen molar-refractivity contribution in [2.75, 3.05) is 11.9 Å². The highest BCUT2D eigenvalue weighted by atomic mass is 16.7. The number of carbonyl (C=O) groups is 1. The van der Waals surface area contributed by atoms with Crippen molar-refractivity contribution in [2.45, 2.75) is 36.9 Å². The topological polar surface area (TPSA) is 117 Å². The summed E-state index contributed by atoms with van der Waals surface area (Å²) in [4.78, 5) is 10.9. The predicted molar refractivity (Wildman–Crippen MR) is 97.7 cm³/mol. The maximum absolute atomic E-state index is 10.9. The van der Waals surface area contributed by atoms with Crippen molar-refractivity contribution < 1.29 is 34.3 Å². The molecule has 1 unspecified atom stereocenters. The zero-order chi connectivity index (χ0) is 19.7. The van der Waals surface area contributed by atoms with Crippen LogP contribution in [0, 0.1) is 0 Å². The smallest absolute Gasteiger partial charge is 0.335 e. The molecule has 2 fully saturated rings. The van der Waals surface area contributed by atoms with Crippen LogP contribution in [-0.2, 0) is 14.2 Å². The third-order valence-corrected chi connectivity index (χ3v) is 4.89. The number of carboxylic acid groups (broad SMARTS) is 1. The molecule has 4 rings (SSSR count). The van der Waals surface area contributed by atoms with Crippen molar-refractivity contribution in [3.05, 3.63) is 65.7 Å². The van der Waals surface area contributed by atoms with Crippen molar-refractivity contribution in [2.24, 2.45) is 0 Å². The summed E-state index contributed by atoms with van der Waals surface area (Å²) in [7, 11) is 0. The zero-order valence-electron chi connectivity index (χ0n) is 14.8. The molecule has 0 amide bonds. The van der Waals surface area contributed by atoms with E-state index in [2.05, 4.69) is 5.32 Å². The van der Waals surface area contributed by atoms with Crippen LogP contribution >= 0.6 is 0 Å². The first-order chi connectivity index (χ1) is 13.5. The highest BCUT2D eigenvalue weighted by molar-refractivity contribution is 5.88. The van der Waals surface area contributed by atoms with Crippen LogP contribution in [0.1, 0.15) is 22.2 Å². The standard InChI is InChI=1S/C20H21NO7/c22-15-16(23)18(21-13-8-6-11(7-9-13)19(24)25)27-14-10-26-20(28-17(14)15)12-4-2-1-3-5-12/h1-9,14-18,20-23H,10H2,(H,24,25)/t14-,15-,16-,17-,18-,20?/m1/s1. The minimum Gasteiger partial charge on any atom is -0.478 e. The van der Waals surface area contributed by atoms with Crippen LogP contribution in [0.5, 0.6) is 0 Å². The molecule has 0 bridgehead atoms. The fourth-order valence-electron chi connectivity index (χ4n) is 3.38. The van der Waals surface area contributed by atoms with Crippen molar-refractivity contribution >= 4 is 11.7 Å². The van der Waals surface area contributed by atoms with Crippen molar-refractivity contribution in [1.82, 2.24) is 0 Å². The molecular weight excluding hydrogens is 366 g/mol. The van der Waals surface area contributed by atoms with Gasteiger partial charge in [0.2, 0.25) is 0 Å². The van der Waals surface area contributed by atoms with Gasteiger partial charge in [-0.2, -0.15) is 0 Å². The lowest BCUT2D eigenvalue weighted by atomic mass is 9.97. The summed E-state index contributed by atoms with van der Waals surface area (Å²) in [5.74, 6) is -1.02. The Labute approximate surface area is 161 Å². The van der Waals surface area contributed by atoms with E-state index in [1.54, 1.807) is 12.1 Å². The molecule has 0 aliphatic carbocycles. The largest absolute Gasteiger partial charge is 0.478 e. The van der Waals surface area contributed by atoms with Gasteiger partial charge < -0.3 is 34.8 Å². The highest BCUT2D eigenvalue weighted by Crippen LogP contribution is 2.34. The van der Waals surface area contributed by atoms with Crippen LogP contribution in [0.3, 0.4) is 0 Å². The Hall–Kier alpha value is -2.49. The summed E-state index contributed by atoms with van der Waals surface area (Å²) in [6, 6.07) is 15.4. The molecule has 2 aliphatic heterocycles. The van der Waals surface area contributed by atoms with Crippen LogP contribution in [0.2, 0.25) is 0 Å². The van der Waals surface area contributed by atoms with Gasteiger partial charge in [-0.1, -0.05) is 30.3 Å². The summed E-state index contributed by atoms with van der Waals surface area (Å²) >= 11 is 0. The minimum atomic E-state index is -1.24. The second kappa shape index (κ2) is 7.86. The van der Waals surface area contributed by atoms with E-state index in [1.807, 2.05) is 30.3 Å². The molecule has 6 atom stereocenters. The van der Waals surface area contributed by atoms with E-state index < -0.39 is 42.9 Å². The number of hydrogen-bond acceptors (Lipinski definition) is 7. The number of benzene rings is 2. The van der Waals surface area contributed by atoms with Gasteiger partial charge >= 0.3 is 5.97 Å². The number of aliphatic hydroxyl groups excluding tert-OH is 2. The zero-order valence-corrected chi connectivity index (χ0v) is 14.8. The van der Waals surface area contributed by atoms with Crippen LogP contribution in [0.15, 0.2) is 54.6 Å². The molecule has 2 heterocycles. The molecule has 2 saturated heterocycles. The number of aromatic carboxylic acids is 1. The Morgan fingerprint density at radius 2 is 1.68 bits per heavy atom. The fourth-order valence-corrected chi connectivity index (χ4v) is 3.38. The third-order valence-electron chi connectivity index (χ3n) is 4.89. The average Bonchev–Trinajstić information content (AvgIpc) is 2.72. The molecule has 0 radical (unpaired) electrons. The van der Waals surface area contributed by atoms with Crippen molar-refractivity contribution in [1.29, 1.82) is 0 Å². The van der Waals surface area contributed by atoms with E-state index in [-0.39, 0.29) is 12.2 Å². The maximum Gasteiger partial charge on any atom is 0.335 e. The summed E-state index contributed by atoms with van der Waals surface area (Å²) < 4.78 is 17.4. The molecule has 8 heteroatoms. The average molecular weight is 387 g/mol. The number of ether oxygens (including phenoxy) is 3. The second-order valence-corrected chi connectivity index (χ2v) is 6.78. The number of aliphatic hydroxyl groups is 2. The summed E-state index contributed by atoms with van der Waals surface area (Å²) in [6.45, 7) is 0.199. The van der Waals surface area contributed by atoms with Crippen molar-refractivity contribution in [3.63, 3.8) is 0 Å². The minimum absolute atomic E-state index is 0.150. The van der Waals surface area contributed by atoms with E-state index in [0.717, 1.165) is 5.56 Å². The van der Waals surface area contributed by atoms with Gasteiger partial charge in [0, 0.05) is 11.3 Å². The predicted octanol–water partition coefficient (Wildman–Crippen LogP) is 1.36. The van der Waals surface area contributed by atoms with E-state index in [4.69, 9.17) is 19.3 Å². The highest BCUT2D eigenvalue weighted by Gasteiger charge is 2.48. The monoisotopic (exact) mass is 387 g/mol. The lowest BCUT2D eigenvalue weighted by Gasteiger charge is -2.46. The molecule has 8 nitrogen and oxygen atoms in total. The maximum atomic E-state index is 10.9. The molecule has 2 aromatic rings. The molecule has 0 spiro atoms. The molecule has 148 valence electrons. The SMILES string of the molecule is O=C(O)c1ccc(N[C@@H]2O[C@@H]3COC(c4ccccc4)O[C@H]3[C@H](O)[C@H]2O)cc1. The van der Waals surface area contributed by atoms with Gasteiger partial charge in [0.1, 0.15) is 24.4 Å². The molecular formula is C20H21NO7. The summed E-state index contributed by atoms with van der Waals surface area (Å²) in [5, 5.41) is 33.0. The van der Waals surface area contributed by atoms with Gasteiger partial charge in [0.25, 0.3) is 0 Å². The second-order valence-electron chi connectivity index (χ2n) is 6.78. The van der Waals surface area contributed by atoms with Crippen molar-refractivity contribution in [3.8, 4) is 0 Å². The Morgan fingerprint density at radius 3 is 2.36 bits per heavy atom. The van der Waals surface area contributed by atoms with E-state index in [1.165, 1.54) is 12.1 Å². The Kier molecular flexibility index (Phi) is 5.29. The molecule has 2 aliphatic rings. The van der Waals surface area contributed by atoms with Crippen LogP contribution in [-0.4, -0.2) is 58.5 Å². The lowest BCUT2D eigenvalue weighted by Crippen LogP contribution is -2.63. The van der Waals surface area contributed by atoms with E-state index in [0.29, 0.717) is 5.69 Å². The molecule has 0 saturated carbocycles. The first-order valence-corrected chi connectivity index (χ1v) is 8.96. The Balaban J connectivity index is 1.43. The van der Waals surface area contributed by atoms with Crippen LogP contribution in [0.25, 0.3) is 0 Å². The van der Waals surface area contributed by atoms with Gasteiger partial charge in [0.15, 0.2) is 12.5 Å². The van der Waals surface area contributed by atoms with E-state index in [9.17, 15) is 15.0 Å². The first-order valence-electron chi connectivity index (χ1n) is 8.96. The quantitative estimate of drug-likeness (QED) is 0.621. The molecule has 4 N–H and O–H groups in total. The number of nitrogens with one attached hydrogen (secondary N) is 1. The first kappa shape index (κ1) is 18.9. The van der Waals surface area contributed by atoms with Crippen LogP contribution < -0.4 is 5.32 Å². The summed E-state index contributed by atoms with van der Waals surface area (Å²) in [6.07, 6.45) is -5.25. The Bertz CT molecular complexity index is 811. The third kappa shape index (κ3) is 3.73. The van der Waals surface area contributed by atoms with Gasteiger partial charge in [-0.3, -0.25) is 0 Å². The number of anilines is 1. The van der Waals surface area contributed by atoms with Crippen LogP contribution in [0.4, 0.5) is 5.69 Å². The lowest BCUT2D eigenvalue weighted by molar-refractivity contribution is -0.325.